The quantitative estimate of drug-likeness (QED) is 0.207. The maximum atomic E-state index is 6.18. The number of guanidine groups is 1. The highest BCUT2D eigenvalue weighted by Gasteiger charge is 2.18. The molecule has 7 heteroatoms. The fraction of sp³-hybridized carbons (Fsp3) is 0.458. The SMILES string of the molecule is CCNC(=NCc1ccc(C)cc1OC1CCOC1)NCCOCc1ccccc1.I. The van der Waals surface area contributed by atoms with E-state index in [2.05, 4.69) is 54.8 Å². The monoisotopic (exact) mass is 539 g/mol. The molecule has 0 radical (unpaired) electrons. The van der Waals surface area contributed by atoms with Crippen molar-refractivity contribution in [2.45, 2.75) is 39.5 Å². The Labute approximate surface area is 202 Å². The summed E-state index contributed by atoms with van der Waals surface area (Å²) < 4.78 is 17.4. The number of nitrogens with one attached hydrogen (secondary N) is 2. The van der Waals surface area contributed by atoms with Crippen LogP contribution in [0.4, 0.5) is 0 Å². The van der Waals surface area contributed by atoms with Gasteiger partial charge < -0.3 is 24.8 Å². The Bertz CT molecular complexity index is 796. The summed E-state index contributed by atoms with van der Waals surface area (Å²) in [6.45, 7) is 8.82. The lowest BCUT2D eigenvalue weighted by atomic mass is 10.1. The first-order valence-corrected chi connectivity index (χ1v) is 10.7. The van der Waals surface area contributed by atoms with Crippen molar-refractivity contribution in [2.24, 2.45) is 4.99 Å². The third kappa shape index (κ3) is 9.04. The number of benzene rings is 2. The van der Waals surface area contributed by atoms with E-state index in [4.69, 9.17) is 19.2 Å². The van der Waals surface area contributed by atoms with Crippen LogP contribution in [0.5, 0.6) is 5.75 Å². The van der Waals surface area contributed by atoms with Crippen LogP contribution in [0.2, 0.25) is 0 Å². The highest BCUT2D eigenvalue weighted by Crippen LogP contribution is 2.24. The third-order valence-electron chi connectivity index (χ3n) is 4.81. The molecule has 170 valence electrons. The van der Waals surface area contributed by atoms with E-state index in [1.807, 2.05) is 18.2 Å². The lowest BCUT2D eigenvalue weighted by Crippen LogP contribution is -2.39. The van der Waals surface area contributed by atoms with Gasteiger partial charge in [0.1, 0.15) is 11.9 Å². The molecule has 0 saturated carbocycles. The third-order valence-corrected chi connectivity index (χ3v) is 4.81. The van der Waals surface area contributed by atoms with Gasteiger partial charge in [-0.05, 0) is 31.0 Å². The Hall–Kier alpha value is -1.84. The Morgan fingerprint density at radius 3 is 2.74 bits per heavy atom. The summed E-state index contributed by atoms with van der Waals surface area (Å²) in [4.78, 5) is 4.73. The van der Waals surface area contributed by atoms with Gasteiger partial charge in [-0.15, -0.1) is 24.0 Å². The van der Waals surface area contributed by atoms with E-state index < -0.39 is 0 Å². The molecule has 1 heterocycles. The fourth-order valence-electron chi connectivity index (χ4n) is 3.20. The van der Waals surface area contributed by atoms with E-state index in [9.17, 15) is 0 Å². The normalized spacial score (nSPS) is 15.9. The average molecular weight is 539 g/mol. The van der Waals surface area contributed by atoms with Gasteiger partial charge >= 0.3 is 0 Å². The van der Waals surface area contributed by atoms with Crippen molar-refractivity contribution >= 4 is 29.9 Å². The summed E-state index contributed by atoms with van der Waals surface area (Å²) in [5.74, 6) is 1.67. The van der Waals surface area contributed by atoms with E-state index in [1.165, 1.54) is 11.1 Å². The molecule has 0 aromatic heterocycles. The molecule has 0 amide bonds. The lowest BCUT2D eigenvalue weighted by Gasteiger charge is -2.16. The summed E-state index contributed by atoms with van der Waals surface area (Å²) in [7, 11) is 0. The van der Waals surface area contributed by atoms with Gasteiger partial charge in [0.25, 0.3) is 0 Å². The van der Waals surface area contributed by atoms with E-state index in [1.54, 1.807) is 0 Å². The zero-order valence-corrected chi connectivity index (χ0v) is 20.8. The first-order valence-electron chi connectivity index (χ1n) is 10.7. The van der Waals surface area contributed by atoms with Crippen LogP contribution >= 0.6 is 24.0 Å². The highest BCUT2D eigenvalue weighted by atomic mass is 127. The summed E-state index contributed by atoms with van der Waals surface area (Å²) in [5.41, 5.74) is 3.43. The number of aryl methyl sites for hydroxylation is 1. The Balaban J connectivity index is 0.00000341. The van der Waals surface area contributed by atoms with Gasteiger partial charge in [0, 0.05) is 25.1 Å². The van der Waals surface area contributed by atoms with Gasteiger partial charge in [0.05, 0.1) is 33.0 Å². The first kappa shape index (κ1) is 25.4. The predicted molar refractivity (Wildman–Crippen MR) is 135 cm³/mol. The molecule has 0 spiro atoms. The van der Waals surface area contributed by atoms with Crippen molar-refractivity contribution in [3.63, 3.8) is 0 Å². The van der Waals surface area contributed by atoms with Gasteiger partial charge in [-0.25, -0.2) is 4.99 Å². The molecule has 3 rings (SSSR count). The fourth-order valence-corrected chi connectivity index (χ4v) is 3.20. The van der Waals surface area contributed by atoms with Crippen LogP contribution in [0.15, 0.2) is 53.5 Å². The summed E-state index contributed by atoms with van der Waals surface area (Å²) in [5, 5.41) is 6.62. The van der Waals surface area contributed by atoms with Crippen LogP contribution in [-0.4, -0.2) is 45.0 Å². The van der Waals surface area contributed by atoms with Crippen LogP contribution in [0, 0.1) is 6.92 Å². The molecule has 1 unspecified atom stereocenters. The minimum absolute atomic E-state index is 0. The van der Waals surface area contributed by atoms with Crippen LogP contribution < -0.4 is 15.4 Å². The number of hydrogen-bond donors (Lipinski definition) is 2. The Morgan fingerprint density at radius 1 is 1.16 bits per heavy atom. The van der Waals surface area contributed by atoms with E-state index in [0.29, 0.717) is 32.9 Å². The van der Waals surface area contributed by atoms with E-state index in [-0.39, 0.29) is 30.1 Å². The zero-order chi connectivity index (χ0) is 21.0. The van der Waals surface area contributed by atoms with Crippen molar-refractivity contribution in [3.05, 3.63) is 65.2 Å². The molecular weight excluding hydrogens is 505 g/mol. The number of hydrogen-bond acceptors (Lipinski definition) is 4. The van der Waals surface area contributed by atoms with Gasteiger partial charge in [-0.1, -0.05) is 42.5 Å². The van der Waals surface area contributed by atoms with Crippen molar-refractivity contribution in [1.82, 2.24) is 10.6 Å². The van der Waals surface area contributed by atoms with Crippen molar-refractivity contribution in [3.8, 4) is 5.75 Å². The number of halogens is 1. The van der Waals surface area contributed by atoms with E-state index >= 15 is 0 Å². The van der Waals surface area contributed by atoms with Gasteiger partial charge in [-0.3, -0.25) is 0 Å². The van der Waals surface area contributed by atoms with Gasteiger partial charge in [0.2, 0.25) is 0 Å². The highest BCUT2D eigenvalue weighted by molar-refractivity contribution is 14.0. The minimum Gasteiger partial charge on any atom is -0.488 e. The van der Waals surface area contributed by atoms with Crippen LogP contribution in [0.1, 0.15) is 30.0 Å². The molecule has 1 aliphatic rings. The molecule has 31 heavy (non-hydrogen) atoms. The zero-order valence-electron chi connectivity index (χ0n) is 18.4. The summed E-state index contributed by atoms with van der Waals surface area (Å²) in [6.07, 6.45) is 1.06. The second-order valence-electron chi connectivity index (χ2n) is 7.37. The van der Waals surface area contributed by atoms with Crippen LogP contribution in [0.3, 0.4) is 0 Å². The molecule has 2 aromatic rings. The Morgan fingerprint density at radius 2 is 2.00 bits per heavy atom. The molecule has 0 bridgehead atoms. The average Bonchev–Trinajstić information content (AvgIpc) is 3.26. The Kier molecular flexibility index (Phi) is 11.7. The second kappa shape index (κ2) is 14.3. The number of aliphatic imine (C=N–C) groups is 1. The number of ether oxygens (including phenoxy) is 3. The van der Waals surface area contributed by atoms with Gasteiger partial charge in [0.15, 0.2) is 5.96 Å². The molecule has 0 aliphatic carbocycles. The smallest absolute Gasteiger partial charge is 0.191 e. The standard InChI is InChI=1S/C24H33N3O3.HI/c1-3-25-24(26-12-14-29-17-20-7-5-4-6-8-20)27-16-21-10-9-19(2)15-23(21)30-22-11-13-28-18-22;/h4-10,15,22H,3,11-14,16-18H2,1-2H3,(H2,25,26,27);1H. The molecule has 2 N–H and O–H groups in total. The second-order valence-corrected chi connectivity index (χ2v) is 7.37. The molecule has 1 atom stereocenters. The largest absolute Gasteiger partial charge is 0.488 e. The van der Waals surface area contributed by atoms with Crippen molar-refractivity contribution in [1.29, 1.82) is 0 Å². The maximum Gasteiger partial charge on any atom is 0.191 e. The molecule has 6 nitrogen and oxygen atoms in total. The molecule has 1 aliphatic heterocycles. The van der Waals surface area contributed by atoms with Crippen LogP contribution in [0.25, 0.3) is 0 Å². The van der Waals surface area contributed by atoms with Gasteiger partial charge in [-0.2, -0.15) is 0 Å². The first-order chi connectivity index (χ1) is 14.7. The topological polar surface area (TPSA) is 64.1 Å². The molecule has 1 saturated heterocycles. The predicted octanol–water partition coefficient (Wildman–Crippen LogP) is 4.05. The van der Waals surface area contributed by atoms with E-state index in [0.717, 1.165) is 36.8 Å². The van der Waals surface area contributed by atoms with Crippen molar-refractivity contribution < 1.29 is 14.2 Å². The molecular formula is C24H34IN3O3. The minimum atomic E-state index is 0. The molecule has 1 fully saturated rings. The summed E-state index contributed by atoms with van der Waals surface area (Å²) in [6, 6.07) is 16.5. The van der Waals surface area contributed by atoms with Crippen molar-refractivity contribution in [2.75, 3.05) is 32.9 Å². The lowest BCUT2D eigenvalue weighted by molar-refractivity contribution is 0.125. The number of nitrogens with zero attached hydrogens (tertiary/aromatic N) is 1. The maximum absolute atomic E-state index is 6.18. The number of rotatable bonds is 10. The van der Waals surface area contributed by atoms with Crippen LogP contribution in [-0.2, 0) is 22.6 Å². The summed E-state index contributed by atoms with van der Waals surface area (Å²) >= 11 is 0. The molecule has 2 aromatic carbocycles.